The molecule has 4 rings (SSSR count). The van der Waals surface area contributed by atoms with E-state index in [1.165, 1.54) is 19.3 Å². The number of aliphatic hydroxyl groups is 5. The van der Waals surface area contributed by atoms with Crippen molar-refractivity contribution in [2.75, 3.05) is 13.7 Å². The first-order valence-electron chi connectivity index (χ1n) is 9.46. The number of fused-ring (bicyclic) bond motifs is 2. The predicted molar refractivity (Wildman–Crippen MR) is 101 cm³/mol. The van der Waals surface area contributed by atoms with E-state index in [-0.39, 0.29) is 28.4 Å². The number of carbonyl (C=O) groups is 1. The zero-order chi connectivity index (χ0) is 22.6. The van der Waals surface area contributed by atoms with Gasteiger partial charge in [-0.15, -0.1) is 0 Å². The van der Waals surface area contributed by atoms with E-state index in [4.69, 9.17) is 14.2 Å². The van der Waals surface area contributed by atoms with Gasteiger partial charge in [0.15, 0.2) is 17.3 Å². The fourth-order valence-corrected chi connectivity index (χ4v) is 4.11. The van der Waals surface area contributed by atoms with Crippen molar-refractivity contribution >= 4 is 5.78 Å². The third-order valence-electron chi connectivity index (χ3n) is 5.74. The van der Waals surface area contributed by atoms with Crippen molar-refractivity contribution in [3.8, 4) is 17.2 Å². The smallest absolute Gasteiger partial charge is 0.181 e. The second-order valence-corrected chi connectivity index (χ2v) is 7.54. The third kappa shape index (κ3) is 3.22. The molecule has 0 bridgehead atoms. The Kier molecular flexibility index (Phi) is 5.31. The van der Waals surface area contributed by atoms with Crippen LogP contribution in [0.1, 0.15) is 22.0 Å². The average molecular weight is 438 g/mol. The summed E-state index contributed by atoms with van der Waals surface area (Å²) >= 11 is 0. The predicted octanol–water partition coefficient (Wildman–Crippen LogP) is -0.842. The number of methoxy groups -OCH3 is 1. The molecule has 0 radical (unpaired) electrons. The minimum atomic E-state index is -1.76. The van der Waals surface area contributed by atoms with Crippen LogP contribution in [0.3, 0.4) is 0 Å². The number of Topliss-reactive ketones (excluding diaryl/α,β-unsaturated/α-hetero) is 1. The molecular formula is C20H22O11. The van der Waals surface area contributed by atoms with E-state index < -0.39 is 66.4 Å². The molecule has 11 nitrogen and oxygen atoms in total. The normalized spacial score (nSPS) is 34.7. The zero-order valence-electron chi connectivity index (χ0n) is 16.2. The number of hydrogen-bond acceptors (Lipinski definition) is 11. The molecule has 168 valence electrons. The second kappa shape index (κ2) is 7.70. The number of hydrogen-bond donors (Lipinski definition) is 7. The Balaban J connectivity index is 1.84. The SMILES string of the molecule is COC1=CC2C(=O)c3c(O)cc(O)c([C@@H]4O[C@H](CO)[C@@H](O)[C@H](O)[C@H]4O)c3OC2C=C1O. The molecule has 0 saturated carbocycles. The van der Waals surface area contributed by atoms with E-state index in [1.54, 1.807) is 0 Å². The van der Waals surface area contributed by atoms with E-state index >= 15 is 0 Å². The van der Waals surface area contributed by atoms with Crippen LogP contribution in [0.25, 0.3) is 0 Å². The van der Waals surface area contributed by atoms with E-state index in [9.17, 15) is 40.5 Å². The monoisotopic (exact) mass is 438 g/mol. The molecule has 2 heterocycles. The number of carbonyl (C=O) groups excluding carboxylic acids is 1. The standard InChI is InChI=1S/C20H22O11/c1-29-11-2-6-10(4-7(11)22)30-19-13(15(6)25)8(23)3-9(24)14(19)20-18(28)17(27)16(26)12(5-21)31-20/h2-4,6,10,12,16-18,20-24,26-28H,5H2,1H3/t6?,10?,12-,16-,17+,18-,20+/m1/s1. The largest absolute Gasteiger partial charge is 0.507 e. The summed E-state index contributed by atoms with van der Waals surface area (Å²) in [6, 6.07) is 0.869. The summed E-state index contributed by atoms with van der Waals surface area (Å²) in [6.45, 7) is -0.700. The first-order chi connectivity index (χ1) is 14.7. The van der Waals surface area contributed by atoms with E-state index in [0.717, 1.165) is 6.07 Å². The van der Waals surface area contributed by atoms with Crippen LogP contribution in [-0.2, 0) is 9.47 Å². The van der Waals surface area contributed by atoms with Gasteiger partial charge in [0.2, 0.25) is 0 Å². The Morgan fingerprint density at radius 1 is 1.03 bits per heavy atom. The first-order valence-corrected chi connectivity index (χ1v) is 9.46. The fourth-order valence-electron chi connectivity index (χ4n) is 4.11. The van der Waals surface area contributed by atoms with E-state index in [1.807, 2.05) is 0 Å². The highest BCUT2D eigenvalue weighted by Gasteiger charge is 2.49. The van der Waals surface area contributed by atoms with Crippen molar-refractivity contribution in [3.05, 3.63) is 40.9 Å². The van der Waals surface area contributed by atoms with Gasteiger partial charge in [-0.2, -0.15) is 0 Å². The Labute approximate surface area is 175 Å². The zero-order valence-corrected chi connectivity index (χ0v) is 16.2. The maximum atomic E-state index is 13.1. The molecule has 2 aliphatic heterocycles. The topological polar surface area (TPSA) is 186 Å². The van der Waals surface area contributed by atoms with Crippen LogP contribution < -0.4 is 4.74 Å². The van der Waals surface area contributed by atoms with Gasteiger partial charge in [0.1, 0.15) is 59.4 Å². The van der Waals surface area contributed by atoms with Gasteiger partial charge < -0.3 is 50.0 Å². The molecule has 31 heavy (non-hydrogen) atoms. The van der Waals surface area contributed by atoms with Crippen molar-refractivity contribution < 1.29 is 54.8 Å². The summed E-state index contributed by atoms with van der Waals surface area (Å²) in [5.74, 6) is -3.29. The lowest BCUT2D eigenvalue weighted by Crippen LogP contribution is -2.55. The first kappa shape index (κ1) is 21.4. The molecule has 11 heteroatoms. The van der Waals surface area contributed by atoms with Crippen LogP contribution in [-0.4, -0.2) is 85.8 Å². The third-order valence-corrected chi connectivity index (χ3v) is 5.74. The fraction of sp³-hybridized carbons (Fsp3) is 0.450. The summed E-state index contributed by atoms with van der Waals surface area (Å²) in [4.78, 5) is 13.1. The van der Waals surface area contributed by atoms with Crippen molar-refractivity contribution in [2.45, 2.75) is 36.6 Å². The maximum absolute atomic E-state index is 13.1. The van der Waals surface area contributed by atoms with Gasteiger partial charge in [0, 0.05) is 12.1 Å². The summed E-state index contributed by atoms with van der Waals surface area (Å²) < 4.78 is 16.3. The molecule has 1 fully saturated rings. The Morgan fingerprint density at radius 3 is 2.39 bits per heavy atom. The van der Waals surface area contributed by atoms with Crippen LogP contribution in [0.5, 0.6) is 17.2 Å². The highest BCUT2D eigenvalue weighted by molar-refractivity contribution is 6.06. The average Bonchev–Trinajstić information content (AvgIpc) is 2.73. The number of aromatic hydroxyl groups is 2. The van der Waals surface area contributed by atoms with Crippen LogP contribution in [0.4, 0.5) is 0 Å². The number of ketones is 1. The summed E-state index contributed by atoms with van der Waals surface area (Å²) in [6.07, 6.45) is -6.38. The number of phenolic OH excluding ortho intramolecular Hbond substituents is 2. The molecule has 1 saturated heterocycles. The van der Waals surface area contributed by atoms with E-state index in [2.05, 4.69) is 0 Å². The molecule has 1 aromatic rings. The molecule has 3 aliphatic rings. The van der Waals surface area contributed by atoms with E-state index in [0.29, 0.717) is 0 Å². The van der Waals surface area contributed by atoms with Crippen molar-refractivity contribution in [3.63, 3.8) is 0 Å². The highest BCUT2D eigenvalue weighted by atomic mass is 16.5. The van der Waals surface area contributed by atoms with Crippen molar-refractivity contribution in [1.82, 2.24) is 0 Å². The highest BCUT2D eigenvalue weighted by Crippen LogP contribution is 2.50. The Bertz CT molecular complexity index is 966. The van der Waals surface area contributed by atoms with Crippen molar-refractivity contribution in [1.29, 1.82) is 0 Å². The molecule has 7 atom stereocenters. The summed E-state index contributed by atoms with van der Waals surface area (Å²) in [7, 11) is 1.31. The number of aliphatic hydroxyl groups excluding tert-OH is 5. The number of ether oxygens (including phenoxy) is 3. The van der Waals surface area contributed by atoms with Crippen LogP contribution in [0, 0.1) is 5.92 Å². The lowest BCUT2D eigenvalue weighted by molar-refractivity contribution is -0.232. The molecule has 0 aromatic heterocycles. The number of rotatable bonds is 3. The minimum absolute atomic E-state index is 0.0501. The molecule has 1 aliphatic carbocycles. The summed E-state index contributed by atoms with van der Waals surface area (Å²) in [5.41, 5.74) is -0.557. The van der Waals surface area contributed by atoms with Crippen molar-refractivity contribution in [2.24, 2.45) is 5.92 Å². The lowest BCUT2D eigenvalue weighted by Gasteiger charge is -2.42. The number of phenols is 2. The molecule has 7 N–H and O–H groups in total. The number of benzene rings is 1. The lowest BCUT2D eigenvalue weighted by atomic mass is 9.82. The van der Waals surface area contributed by atoms with Crippen LogP contribution in [0.2, 0.25) is 0 Å². The van der Waals surface area contributed by atoms with Crippen LogP contribution >= 0.6 is 0 Å². The van der Waals surface area contributed by atoms with Gasteiger partial charge in [-0.05, 0) is 6.08 Å². The quantitative estimate of drug-likeness (QED) is 0.312. The molecule has 0 spiro atoms. The van der Waals surface area contributed by atoms with Gasteiger partial charge in [0.05, 0.1) is 25.2 Å². The van der Waals surface area contributed by atoms with Gasteiger partial charge in [-0.3, -0.25) is 4.79 Å². The summed E-state index contributed by atoms with van der Waals surface area (Å²) in [5, 5.41) is 70.9. The van der Waals surface area contributed by atoms with Gasteiger partial charge in [-0.1, -0.05) is 0 Å². The Morgan fingerprint density at radius 2 is 1.74 bits per heavy atom. The molecule has 0 amide bonds. The molecule has 1 aromatic carbocycles. The molecule has 2 unspecified atom stereocenters. The Hall–Kier alpha value is -2.83. The second-order valence-electron chi connectivity index (χ2n) is 7.54. The van der Waals surface area contributed by atoms with Gasteiger partial charge in [0.25, 0.3) is 0 Å². The van der Waals surface area contributed by atoms with Crippen LogP contribution in [0.15, 0.2) is 29.7 Å². The minimum Gasteiger partial charge on any atom is -0.507 e. The molecular weight excluding hydrogens is 416 g/mol. The van der Waals surface area contributed by atoms with Gasteiger partial charge >= 0.3 is 0 Å². The van der Waals surface area contributed by atoms with Gasteiger partial charge in [-0.25, -0.2) is 0 Å². The maximum Gasteiger partial charge on any atom is 0.181 e.